The minimum atomic E-state index is -0.265. The molecule has 2 amide bonds. The highest BCUT2D eigenvalue weighted by molar-refractivity contribution is 5.97. The van der Waals surface area contributed by atoms with Crippen LogP contribution in [-0.2, 0) is 22.4 Å². The lowest BCUT2D eigenvalue weighted by atomic mass is 10.1. The van der Waals surface area contributed by atoms with Gasteiger partial charge in [0.1, 0.15) is 11.6 Å². The van der Waals surface area contributed by atoms with Crippen molar-refractivity contribution in [2.24, 2.45) is 0 Å². The third kappa shape index (κ3) is 3.96. The summed E-state index contributed by atoms with van der Waals surface area (Å²) < 4.78 is 18.9. The number of ether oxygens (including phenoxy) is 1. The Balaban J connectivity index is 1.56. The molecule has 2 aromatic rings. The van der Waals surface area contributed by atoms with Gasteiger partial charge in [-0.15, -0.1) is 0 Å². The van der Waals surface area contributed by atoms with Gasteiger partial charge in [-0.2, -0.15) is 0 Å². The molecule has 0 aliphatic carbocycles. The first-order chi connectivity index (χ1) is 12.0. The first-order valence-corrected chi connectivity index (χ1v) is 8.07. The number of nitrogens with one attached hydrogen (secondary N) is 1. The van der Waals surface area contributed by atoms with E-state index < -0.39 is 0 Å². The summed E-state index contributed by atoms with van der Waals surface area (Å²) in [7, 11) is 1.68. The summed E-state index contributed by atoms with van der Waals surface area (Å²) in [4.78, 5) is 25.3. The highest BCUT2D eigenvalue weighted by Gasteiger charge is 2.22. The van der Waals surface area contributed by atoms with E-state index in [1.54, 1.807) is 43.4 Å². The minimum Gasteiger partial charge on any atom is -0.482 e. The highest BCUT2D eigenvalue weighted by atomic mass is 19.1. The van der Waals surface area contributed by atoms with Gasteiger partial charge in [0, 0.05) is 13.6 Å². The van der Waals surface area contributed by atoms with Gasteiger partial charge < -0.3 is 15.0 Å². The largest absolute Gasteiger partial charge is 0.482 e. The molecule has 5 nitrogen and oxygen atoms in total. The van der Waals surface area contributed by atoms with Gasteiger partial charge in [-0.3, -0.25) is 9.59 Å². The molecule has 1 heterocycles. The molecule has 0 unspecified atom stereocenters. The lowest BCUT2D eigenvalue weighted by molar-refractivity contribution is -0.121. The molecular weight excluding hydrogens is 323 g/mol. The van der Waals surface area contributed by atoms with Crippen LogP contribution >= 0.6 is 0 Å². The summed E-state index contributed by atoms with van der Waals surface area (Å²) in [6.45, 7) is 0.394. The quantitative estimate of drug-likeness (QED) is 0.905. The Morgan fingerprint density at radius 1 is 1.28 bits per heavy atom. The zero-order valence-electron chi connectivity index (χ0n) is 13.9. The number of nitrogens with zero attached hydrogens (tertiary/aromatic N) is 1. The van der Waals surface area contributed by atoms with Crippen molar-refractivity contribution < 1.29 is 18.7 Å². The first-order valence-electron chi connectivity index (χ1n) is 8.07. The summed E-state index contributed by atoms with van der Waals surface area (Å²) in [5.74, 6) is 0.0888. The fraction of sp³-hybridized carbons (Fsp3) is 0.263. The predicted octanol–water partition coefficient (Wildman–Crippen LogP) is 2.08. The Hall–Kier alpha value is -2.89. The van der Waals surface area contributed by atoms with Gasteiger partial charge in [0.05, 0.1) is 12.1 Å². The molecule has 0 spiro atoms. The van der Waals surface area contributed by atoms with Crippen molar-refractivity contribution in [3.05, 3.63) is 59.4 Å². The fourth-order valence-corrected chi connectivity index (χ4v) is 2.71. The van der Waals surface area contributed by atoms with Gasteiger partial charge in [0.15, 0.2) is 6.61 Å². The summed E-state index contributed by atoms with van der Waals surface area (Å²) in [6.07, 6.45) is 0.625. The number of rotatable bonds is 5. The van der Waals surface area contributed by atoms with E-state index in [2.05, 4.69) is 5.32 Å². The second kappa shape index (κ2) is 7.34. The monoisotopic (exact) mass is 342 g/mol. The zero-order chi connectivity index (χ0) is 17.8. The molecule has 6 heteroatoms. The second-order valence-corrected chi connectivity index (χ2v) is 5.91. The van der Waals surface area contributed by atoms with Crippen LogP contribution in [0.5, 0.6) is 5.75 Å². The molecule has 1 aliphatic heterocycles. The Labute approximate surface area is 145 Å². The number of halogens is 1. The van der Waals surface area contributed by atoms with Crippen LogP contribution in [0.4, 0.5) is 10.1 Å². The highest BCUT2D eigenvalue weighted by Crippen LogP contribution is 2.32. The second-order valence-electron chi connectivity index (χ2n) is 5.91. The summed E-state index contributed by atoms with van der Waals surface area (Å²) in [5.41, 5.74) is 2.02. The Kier molecular flexibility index (Phi) is 4.97. The molecule has 0 saturated carbocycles. The van der Waals surface area contributed by atoms with Crippen LogP contribution in [0, 0.1) is 5.82 Å². The van der Waals surface area contributed by atoms with Gasteiger partial charge in [-0.05, 0) is 35.7 Å². The van der Waals surface area contributed by atoms with E-state index in [0.717, 1.165) is 5.56 Å². The van der Waals surface area contributed by atoms with E-state index in [1.807, 2.05) is 0 Å². The standard InChI is InChI=1S/C19H19FN2O3/c1-22-16-10-13(6-7-17(16)25-12-19(22)24)11-18(23)21-9-8-14-4-2-3-5-15(14)20/h2-7,10H,8-9,11-12H2,1H3,(H,21,23). The molecule has 0 saturated heterocycles. The molecule has 1 aliphatic rings. The van der Waals surface area contributed by atoms with Gasteiger partial charge in [0.2, 0.25) is 5.91 Å². The lowest BCUT2D eigenvalue weighted by Gasteiger charge is -2.26. The molecule has 0 bridgehead atoms. The van der Waals surface area contributed by atoms with E-state index >= 15 is 0 Å². The van der Waals surface area contributed by atoms with E-state index in [0.29, 0.717) is 30.0 Å². The molecule has 1 N–H and O–H groups in total. The average Bonchev–Trinajstić information content (AvgIpc) is 2.60. The van der Waals surface area contributed by atoms with Crippen LogP contribution < -0.4 is 15.0 Å². The van der Waals surface area contributed by atoms with Crippen molar-refractivity contribution in [2.45, 2.75) is 12.8 Å². The maximum Gasteiger partial charge on any atom is 0.264 e. The minimum absolute atomic E-state index is 0.0272. The van der Waals surface area contributed by atoms with Crippen molar-refractivity contribution in [3.8, 4) is 5.75 Å². The van der Waals surface area contributed by atoms with Gasteiger partial charge in [-0.1, -0.05) is 24.3 Å². The molecule has 0 atom stereocenters. The van der Waals surface area contributed by atoms with E-state index in [4.69, 9.17) is 4.74 Å². The number of hydrogen-bond donors (Lipinski definition) is 1. The fourth-order valence-electron chi connectivity index (χ4n) is 2.71. The molecule has 130 valence electrons. The van der Waals surface area contributed by atoms with E-state index in [-0.39, 0.29) is 30.7 Å². The molecule has 0 radical (unpaired) electrons. The van der Waals surface area contributed by atoms with Crippen molar-refractivity contribution in [3.63, 3.8) is 0 Å². The zero-order valence-corrected chi connectivity index (χ0v) is 13.9. The Morgan fingerprint density at radius 2 is 2.08 bits per heavy atom. The number of benzene rings is 2. The molecule has 0 aromatic heterocycles. The van der Waals surface area contributed by atoms with Crippen LogP contribution in [-0.4, -0.2) is 32.0 Å². The first kappa shape index (κ1) is 17.0. The number of carbonyl (C=O) groups is 2. The average molecular weight is 342 g/mol. The Bertz CT molecular complexity index is 807. The molecule has 0 fully saturated rings. The maximum atomic E-state index is 13.5. The summed E-state index contributed by atoms with van der Waals surface area (Å²) in [5, 5.41) is 2.79. The SMILES string of the molecule is CN1C(=O)COc2ccc(CC(=O)NCCc3ccccc3F)cc21. The number of hydrogen-bond acceptors (Lipinski definition) is 3. The van der Waals surface area contributed by atoms with Crippen molar-refractivity contribution >= 4 is 17.5 Å². The van der Waals surface area contributed by atoms with Gasteiger partial charge >= 0.3 is 0 Å². The molecular formula is C19H19FN2O3. The predicted molar refractivity (Wildman–Crippen MR) is 92.2 cm³/mol. The van der Waals surface area contributed by atoms with Crippen LogP contribution in [0.1, 0.15) is 11.1 Å². The van der Waals surface area contributed by atoms with Crippen molar-refractivity contribution in [1.82, 2.24) is 5.32 Å². The molecule has 25 heavy (non-hydrogen) atoms. The topological polar surface area (TPSA) is 58.6 Å². The summed E-state index contributed by atoms with van der Waals surface area (Å²) in [6, 6.07) is 11.9. The smallest absolute Gasteiger partial charge is 0.264 e. The van der Waals surface area contributed by atoms with Crippen LogP contribution in [0.2, 0.25) is 0 Å². The van der Waals surface area contributed by atoms with Gasteiger partial charge in [0.25, 0.3) is 5.91 Å². The van der Waals surface area contributed by atoms with Crippen LogP contribution in [0.25, 0.3) is 0 Å². The molecule has 2 aromatic carbocycles. The number of fused-ring (bicyclic) bond motifs is 1. The third-order valence-corrected chi connectivity index (χ3v) is 4.15. The normalized spacial score (nSPS) is 13.2. The van der Waals surface area contributed by atoms with Crippen LogP contribution in [0.3, 0.4) is 0 Å². The van der Waals surface area contributed by atoms with Gasteiger partial charge in [-0.25, -0.2) is 4.39 Å². The van der Waals surface area contributed by atoms with Crippen molar-refractivity contribution in [2.75, 3.05) is 25.1 Å². The number of carbonyl (C=O) groups excluding carboxylic acids is 2. The van der Waals surface area contributed by atoms with Crippen molar-refractivity contribution in [1.29, 1.82) is 0 Å². The molecule has 3 rings (SSSR count). The lowest BCUT2D eigenvalue weighted by Crippen LogP contribution is -2.35. The Morgan fingerprint density at radius 3 is 2.88 bits per heavy atom. The number of anilines is 1. The van der Waals surface area contributed by atoms with E-state index in [1.165, 1.54) is 11.0 Å². The van der Waals surface area contributed by atoms with E-state index in [9.17, 15) is 14.0 Å². The number of likely N-dealkylation sites (N-methyl/N-ethyl adjacent to an activating group) is 1. The number of amides is 2. The maximum absolute atomic E-state index is 13.5. The third-order valence-electron chi connectivity index (χ3n) is 4.15. The van der Waals surface area contributed by atoms with Crippen LogP contribution in [0.15, 0.2) is 42.5 Å². The summed E-state index contributed by atoms with van der Waals surface area (Å²) >= 11 is 0.